The molecule has 0 unspecified atom stereocenters. The summed E-state index contributed by atoms with van der Waals surface area (Å²) in [7, 11) is 0. The summed E-state index contributed by atoms with van der Waals surface area (Å²) in [6.07, 6.45) is 7.11. The fraction of sp³-hybridized carbons (Fsp3) is 0.304. The number of aliphatic imine (C=N–C) groups is 1. The van der Waals surface area contributed by atoms with Crippen LogP contribution in [0.5, 0.6) is 0 Å². The molecule has 0 saturated carbocycles. The van der Waals surface area contributed by atoms with Gasteiger partial charge in [-0.3, -0.25) is 9.88 Å². The summed E-state index contributed by atoms with van der Waals surface area (Å²) >= 11 is 0. The zero-order valence-electron chi connectivity index (χ0n) is 17.0. The van der Waals surface area contributed by atoms with E-state index in [0.717, 1.165) is 17.5 Å². The Morgan fingerprint density at radius 3 is 2.68 bits per heavy atom. The van der Waals surface area contributed by atoms with E-state index in [2.05, 4.69) is 9.98 Å². The monoisotopic (exact) mass is 421 g/mol. The van der Waals surface area contributed by atoms with E-state index in [1.807, 2.05) is 36.4 Å². The maximum Gasteiger partial charge on any atom is 0.410 e. The van der Waals surface area contributed by atoms with Crippen molar-refractivity contribution in [1.29, 1.82) is 0 Å². The van der Waals surface area contributed by atoms with Crippen molar-refractivity contribution in [2.24, 2.45) is 4.99 Å². The SMILES string of the molecule is O=C(OCc1cccnc1)C1=C[C@]2(CCCN2C(=O)OCc2ccccc2)COC=N1. The lowest BCUT2D eigenvalue weighted by atomic mass is 9.96. The molecule has 3 heterocycles. The summed E-state index contributed by atoms with van der Waals surface area (Å²) in [6.45, 7) is 0.950. The highest BCUT2D eigenvalue weighted by atomic mass is 16.6. The van der Waals surface area contributed by atoms with Gasteiger partial charge in [0.15, 0.2) is 6.40 Å². The van der Waals surface area contributed by atoms with Crippen molar-refractivity contribution in [2.75, 3.05) is 13.2 Å². The van der Waals surface area contributed by atoms with Crippen molar-refractivity contribution in [3.05, 3.63) is 77.8 Å². The normalized spacial score (nSPS) is 20.0. The van der Waals surface area contributed by atoms with Crippen molar-refractivity contribution in [1.82, 2.24) is 9.88 Å². The molecule has 31 heavy (non-hydrogen) atoms. The van der Waals surface area contributed by atoms with Gasteiger partial charge in [0.05, 0.1) is 0 Å². The molecule has 1 aromatic carbocycles. The number of hydrogen-bond acceptors (Lipinski definition) is 7. The Bertz CT molecular complexity index is 977. The summed E-state index contributed by atoms with van der Waals surface area (Å²) in [5, 5.41) is 0. The Hall–Kier alpha value is -3.68. The number of aromatic nitrogens is 1. The van der Waals surface area contributed by atoms with Crippen LogP contribution in [0.3, 0.4) is 0 Å². The predicted molar refractivity (Wildman–Crippen MR) is 112 cm³/mol. The Labute approximate surface area is 180 Å². The first-order chi connectivity index (χ1) is 15.2. The standard InChI is InChI=1S/C23H23N3O5/c27-21(30-15-19-8-4-10-24-13-19)20-12-23(16-29-17-25-20)9-5-11-26(23)22(28)31-14-18-6-2-1-3-7-18/h1-4,6-8,10,12-13,17H,5,9,11,14-16H2/t23-/m1/s1. The van der Waals surface area contributed by atoms with Gasteiger partial charge in [-0.1, -0.05) is 36.4 Å². The van der Waals surface area contributed by atoms with E-state index < -0.39 is 17.6 Å². The van der Waals surface area contributed by atoms with Crippen LogP contribution in [0.2, 0.25) is 0 Å². The molecule has 1 atom stereocenters. The highest BCUT2D eigenvalue weighted by Gasteiger charge is 2.45. The van der Waals surface area contributed by atoms with E-state index in [1.54, 1.807) is 29.4 Å². The zero-order valence-corrected chi connectivity index (χ0v) is 17.0. The molecule has 0 aliphatic carbocycles. The summed E-state index contributed by atoms with van der Waals surface area (Å²) in [5.74, 6) is -0.588. The third kappa shape index (κ3) is 4.91. The second-order valence-corrected chi connectivity index (χ2v) is 7.41. The number of ether oxygens (including phenoxy) is 3. The number of likely N-dealkylation sites (tertiary alicyclic amines) is 1. The average Bonchev–Trinajstić information content (AvgIpc) is 3.09. The number of carbonyl (C=O) groups excluding carboxylic acids is 2. The molecule has 2 aliphatic heterocycles. The number of pyridine rings is 1. The van der Waals surface area contributed by atoms with Crippen molar-refractivity contribution in [2.45, 2.75) is 31.6 Å². The number of hydrogen-bond donors (Lipinski definition) is 0. The average molecular weight is 421 g/mol. The summed E-state index contributed by atoms with van der Waals surface area (Å²) in [5.41, 5.74) is 0.961. The molecule has 1 saturated heterocycles. The molecule has 8 nitrogen and oxygen atoms in total. The third-order valence-corrected chi connectivity index (χ3v) is 5.26. The Kier molecular flexibility index (Phi) is 6.26. The van der Waals surface area contributed by atoms with Gasteiger partial charge in [0.2, 0.25) is 0 Å². The molecule has 1 spiro atoms. The summed E-state index contributed by atoms with van der Waals surface area (Å²) in [4.78, 5) is 35.2. The minimum Gasteiger partial charge on any atom is -0.480 e. The minimum atomic E-state index is -0.813. The Balaban J connectivity index is 1.46. The van der Waals surface area contributed by atoms with Crippen LogP contribution in [-0.4, -0.2) is 47.0 Å². The van der Waals surface area contributed by atoms with Crippen molar-refractivity contribution >= 4 is 18.5 Å². The summed E-state index contributed by atoms with van der Waals surface area (Å²) < 4.78 is 16.4. The first-order valence-electron chi connectivity index (χ1n) is 10.1. The lowest BCUT2D eigenvalue weighted by Gasteiger charge is -2.34. The van der Waals surface area contributed by atoms with E-state index >= 15 is 0 Å². The minimum absolute atomic E-state index is 0.0796. The smallest absolute Gasteiger partial charge is 0.410 e. The lowest BCUT2D eigenvalue weighted by Crippen LogP contribution is -2.49. The first-order valence-corrected chi connectivity index (χ1v) is 10.1. The van der Waals surface area contributed by atoms with Crippen molar-refractivity contribution in [3.63, 3.8) is 0 Å². The predicted octanol–water partition coefficient (Wildman–Crippen LogP) is 3.24. The highest BCUT2D eigenvalue weighted by Crippen LogP contribution is 2.34. The van der Waals surface area contributed by atoms with Gasteiger partial charge in [0.25, 0.3) is 0 Å². The van der Waals surface area contributed by atoms with E-state index in [4.69, 9.17) is 14.2 Å². The van der Waals surface area contributed by atoms with Crippen LogP contribution in [0.4, 0.5) is 4.79 Å². The van der Waals surface area contributed by atoms with Crippen LogP contribution in [0, 0.1) is 0 Å². The largest absolute Gasteiger partial charge is 0.480 e. The molecule has 1 aromatic heterocycles. The topological polar surface area (TPSA) is 90.3 Å². The fourth-order valence-corrected chi connectivity index (χ4v) is 3.70. The molecule has 0 bridgehead atoms. The van der Waals surface area contributed by atoms with Crippen LogP contribution in [0.25, 0.3) is 0 Å². The number of carbonyl (C=O) groups is 2. The maximum absolute atomic E-state index is 12.8. The molecule has 2 aromatic rings. The lowest BCUT2D eigenvalue weighted by molar-refractivity contribution is -0.140. The molecule has 2 aliphatic rings. The molecule has 1 fully saturated rings. The molecule has 8 heteroatoms. The van der Waals surface area contributed by atoms with Crippen LogP contribution >= 0.6 is 0 Å². The van der Waals surface area contributed by atoms with Crippen LogP contribution in [0.15, 0.2) is 71.6 Å². The van der Waals surface area contributed by atoms with E-state index in [-0.39, 0.29) is 25.5 Å². The van der Waals surface area contributed by atoms with Gasteiger partial charge in [-0.05, 0) is 30.5 Å². The van der Waals surface area contributed by atoms with E-state index in [1.165, 1.54) is 6.40 Å². The highest BCUT2D eigenvalue weighted by molar-refractivity contribution is 5.90. The van der Waals surface area contributed by atoms with Gasteiger partial charge in [0, 0.05) is 24.5 Å². The van der Waals surface area contributed by atoms with Gasteiger partial charge < -0.3 is 14.2 Å². The van der Waals surface area contributed by atoms with E-state index in [9.17, 15) is 9.59 Å². The number of benzene rings is 1. The van der Waals surface area contributed by atoms with Gasteiger partial charge in [0.1, 0.15) is 31.1 Å². The van der Waals surface area contributed by atoms with E-state index in [0.29, 0.717) is 13.0 Å². The fourth-order valence-electron chi connectivity index (χ4n) is 3.70. The Morgan fingerprint density at radius 2 is 1.87 bits per heavy atom. The van der Waals surface area contributed by atoms with Gasteiger partial charge in [-0.25, -0.2) is 14.6 Å². The molecule has 0 radical (unpaired) electrons. The van der Waals surface area contributed by atoms with Gasteiger partial charge >= 0.3 is 12.1 Å². The Morgan fingerprint density at radius 1 is 1.06 bits per heavy atom. The van der Waals surface area contributed by atoms with Crippen molar-refractivity contribution in [3.8, 4) is 0 Å². The second-order valence-electron chi connectivity index (χ2n) is 7.41. The van der Waals surface area contributed by atoms with Gasteiger partial charge in [-0.15, -0.1) is 0 Å². The maximum atomic E-state index is 12.8. The molecular weight excluding hydrogens is 398 g/mol. The molecule has 1 amide bonds. The first kappa shape index (κ1) is 20.6. The molecule has 4 rings (SSSR count). The second kappa shape index (κ2) is 9.42. The van der Waals surface area contributed by atoms with Crippen LogP contribution < -0.4 is 0 Å². The quantitative estimate of drug-likeness (QED) is 0.689. The zero-order chi connectivity index (χ0) is 21.5. The van der Waals surface area contributed by atoms with Gasteiger partial charge in [-0.2, -0.15) is 0 Å². The molecular formula is C23H23N3O5. The van der Waals surface area contributed by atoms with Crippen LogP contribution in [0.1, 0.15) is 24.0 Å². The number of amides is 1. The summed E-state index contributed by atoms with van der Waals surface area (Å²) in [6, 6.07) is 13.1. The van der Waals surface area contributed by atoms with Crippen molar-refractivity contribution < 1.29 is 23.8 Å². The molecule has 0 N–H and O–H groups in total. The molecule has 160 valence electrons. The van der Waals surface area contributed by atoms with Crippen LogP contribution in [-0.2, 0) is 32.2 Å². The number of nitrogens with zero attached hydrogens (tertiary/aromatic N) is 3. The number of rotatable bonds is 5. The number of esters is 1. The third-order valence-electron chi connectivity index (χ3n) is 5.26.